The van der Waals surface area contributed by atoms with Crippen molar-refractivity contribution in [1.82, 2.24) is 35.1 Å². The molecule has 11 heteroatoms. The van der Waals surface area contributed by atoms with Crippen LogP contribution in [-0.2, 0) is 4.79 Å². The van der Waals surface area contributed by atoms with Gasteiger partial charge in [-0.15, -0.1) is 11.3 Å². The standard InChI is InChI=1S/C27H33N7OS.C2H5NO/c1-4-10-32(5-2)19(3)17-28-27(35)20-15-23(30-25(16-20)33-11-7-12-33)21-18-29-34-13-9-22(31-26(21)34)24-8-6-14-36-24;1-3-2-4/h6,8-9,13-16,18-19H,4-5,7,10-12,17H2,1-3H3,(H,28,35);2H,1H3,(H,3,4). The molecule has 2 N–H and O–H groups in total. The highest BCUT2D eigenvalue weighted by atomic mass is 32.1. The van der Waals surface area contributed by atoms with E-state index < -0.39 is 0 Å². The second kappa shape index (κ2) is 14.0. The van der Waals surface area contributed by atoms with Gasteiger partial charge < -0.3 is 15.5 Å². The Morgan fingerprint density at radius 3 is 2.62 bits per heavy atom. The van der Waals surface area contributed by atoms with Crippen LogP contribution >= 0.6 is 11.3 Å². The van der Waals surface area contributed by atoms with E-state index in [4.69, 9.17) is 14.8 Å². The third-order valence-electron chi connectivity index (χ3n) is 6.89. The molecule has 5 heterocycles. The summed E-state index contributed by atoms with van der Waals surface area (Å²) in [5, 5.41) is 11.9. The van der Waals surface area contributed by atoms with Crippen molar-refractivity contribution in [2.24, 2.45) is 0 Å². The van der Waals surface area contributed by atoms with Crippen LogP contribution in [0, 0.1) is 0 Å². The summed E-state index contributed by atoms with van der Waals surface area (Å²) in [6, 6.07) is 10.1. The summed E-state index contributed by atoms with van der Waals surface area (Å²) in [7, 11) is 1.56. The molecular weight excluding hydrogens is 524 g/mol. The molecule has 0 saturated carbocycles. The zero-order valence-corrected chi connectivity index (χ0v) is 24.4. The fraction of sp³-hybridized carbons (Fsp3) is 0.414. The molecule has 5 rings (SSSR count). The Morgan fingerprint density at radius 2 is 2.00 bits per heavy atom. The van der Waals surface area contributed by atoms with Crippen molar-refractivity contribution in [3.63, 3.8) is 0 Å². The van der Waals surface area contributed by atoms with Gasteiger partial charge in [-0.2, -0.15) is 5.10 Å². The number of carbonyl (C=O) groups is 2. The number of hydrogen-bond donors (Lipinski definition) is 2. The van der Waals surface area contributed by atoms with E-state index in [2.05, 4.69) is 52.4 Å². The number of amides is 2. The van der Waals surface area contributed by atoms with E-state index in [1.54, 1.807) is 29.1 Å². The van der Waals surface area contributed by atoms with Gasteiger partial charge in [0.05, 0.1) is 28.0 Å². The van der Waals surface area contributed by atoms with Crippen molar-refractivity contribution in [2.75, 3.05) is 44.7 Å². The number of hydrogen-bond acceptors (Lipinski definition) is 8. The monoisotopic (exact) mass is 562 g/mol. The summed E-state index contributed by atoms with van der Waals surface area (Å²) in [6.45, 7) is 11.0. The Hall–Kier alpha value is -3.83. The third kappa shape index (κ3) is 6.83. The van der Waals surface area contributed by atoms with Crippen LogP contribution in [0.15, 0.2) is 48.1 Å². The number of likely N-dealkylation sites (N-methyl/N-ethyl adjacent to an activating group) is 1. The predicted molar refractivity (Wildman–Crippen MR) is 161 cm³/mol. The first-order chi connectivity index (χ1) is 19.5. The van der Waals surface area contributed by atoms with Gasteiger partial charge in [-0.05, 0) is 62.5 Å². The van der Waals surface area contributed by atoms with Crippen molar-refractivity contribution in [1.29, 1.82) is 0 Å². The Kier molecular flexibility index (Phi) is 10.2. The molecule has 0 spiro atoms. The molecule has 40 heavy (non-hydrogen) atoms. The van der Waals surface area contributed by atoms with Gasteiger partial charge in [0.15, 0.2) is 5.65 Å². The summed E-state index contributed by atoms with van der Waals surface area (Å²) in [6.07, 6.45) is 6.57. The van der Waals surface area contributed by atoms with Crippen molar-refractivity contribution in [2.45, 2.75) is 39.7 Å². The van der Waals surface area contributed by atoms with Crippen LogP contribution in [0.2, 0.25) is 0 Å². The van der Waals surface area contributed by atoms with Crippen molar-refractivity contribution in [3.05, 3.63) is 53.7 Å². The maximum Gasteiger partial charge on any atom is 0.251 e. The molecule has 1 unspecified atom stereocenters. The van der Waals surface area contributed by atoms with E-state index in [1.165, 1.54) is 0 Å². The molecule has 1 aliphatic heterocycles. The van der Waals surface area contributed by atoms with Gasteiger partial charge in [0.25, 0.3) is 5.91 Å². The summed E-state index contributed by atoms with van der Waals surface area (Å²) < 4.78 is 1.76. The maximum atomic E-state index is 13.3. The van der Waals surface area contributed by atoms with E-state index in [0.29, 0.717) is 24.2 Å². The molecule has 1 saturated heterocycles. The first-order valence-corrected chi connectivity index (χ1v) is 14.7. The maximum absolute atomic E-state index is 13.3. The van der Waals surface area contributed by atoms with Crippen molar-refractivity contribution >= 4 is 35.1 Å². The predicted octanol–water partition coefficient (Wildman–Crippen LogP) is 3.94. The quantitative estimate of drug-likeness (QED) is 0.267. The number of anilines is 1. The number of pyridine rings is 1. The number of nitrogens with zero attached hydrogens (tertiary/aromatic N) is 6. The Labute approximate surface area is 239 Å². The number of carbonyl (C=O) groups excluding carboxylic acids is 2. The van der Waals surface area contributed by atoms with Crippen LogP contribution in [0.3, 0.4) is 0 Å². The molecule has 1 atom stereocenters. The summed E-state index contributed by atoms with van der Waals surface area (Å²) in [5.41, 5.74) is 3.77. The van der Waals surface area contributed by atoms with E-state index in [1.807, 2.05) is 35.8 Å². The van der Waals surface area contributed by atoms with E-state index >= 15 is 0 Å². The molecule has 0 aromatic carbocycles. The van der Waals surface area contributed by atoms with Crippen LogP contribution < -0.4 is 15.5 Å². The minimum absolute atomic E-state index is 0.0801. The van der Waals surface area contributed by atoms with E-state index in [-0.39, 0.29) is 11.9 Å². The number of rotatable bonds is 11. The van der Waals surface area contributed by atoms with Gasteiger partial charge in [0, 0.05) is 44.5 Å². The zero-order valence-electron chi connectivity index (χ0n) is 23.6. The molecule has 0 radical (unpaired) electrons. The number of aromatic nitrogens is 4. The molecule has 1 fully saturated rings. The van der Waals surface area contributed by atoms with E-state index in [0.717, 1.165) is 66.6 Å². The van der Waals surface area contributed by atoms with Gasteiger partial charge >= 0.3 is 0 Å². The van der Waals surface area contributed by atoms with Crippen LogP contribution in [0.5, 0.6) is 0 Å². The molecule has 4 aromatic rings. The average Bonchev–Trinajstić information content (AvgIpc) is 3.63. The lowest BCUT2D eigenvalue weighted by atomic mass is 10.1. The summed E-state index contributed by atoms with van der Waals surface area (Å²) in [4.78, 5) is 37.9. The van der Waals surface area contributed by atoms with Gasteiger partial charge in [0.2, 0.25) is 6.41 Å². The topological polar surface area (TPSA) is 108 Å². The second-order valence-electron chi connectivity index (χ2n) is 9.65. The smallest absolute Gasteiger partial charge is 0.251 e. The zero-order chi connectivity index (χ0) is 28.5. The number of thiophene rings is 1. The van der Waals surface area contributed by atoms with Gasteiger partial charge in [-0.25, -0.2) is 14.5 Å². The van der Waals surface area contributed by atoms with Gasteiger partial charge in [-0.3, -0.25) is 14.5 Å². The molecule has 10 nitrogen and oxygen atoms in total. The van der Waals surface area contributed by atoms with Gasteiger partial charge in [-0.1, -0.05) is 19.9 Å². The van der Waals surface area contributed by atoms with Crippen molar-refractivity contribution < 1.29 is 9.59 Å². The lowest BCUT2D eigenvalue weighted by Gasteiger charge is -2.32. The SMILES string of the molecule is CCCN(CC)C(C)CNC(=O)c1cc(-c2cnn3ccc(-c4cccs4)nc23)nc(N2CCC2)c1.CNC=O. The summed E-state index contributed by atoms with van der Waals surface area (Å²) in [5.74, 6) is 0.746. The molecule has 0 aliphatic carbocycles. The molecule has 212 valence electrons. The first kappa shape index (κ1) is 29.2. The first-order valence-electron chi connectivity index (χ1n) is 13.8. The average molecular weight is 563 g/mol. The Bertz CT molecular complexity index is 1400. The highest BCUT2D eigenvalue weighted by Gasteiger charge is 2.22. The third-order valence-corrected chi connectivity index (χ3v) is 7.78. The van der Waals surface area contributed by atoms with Gasteiger partial charge in [0.1, 0.15) is 5.82 Å². The van der Waals surface area contributed by atoms with E-state index in [9.17, 15) is 4.79 Å². The minimum atomic E-state index is -0.0801. The Balaban J connectivity index is 0.000000867. The van der Waals surface area contributed by atoms with Crippen molar-refractivity contribution in [3.8, 4) is 21.8 Å². The highest BCUT2D eigenvalue weighted by Crippen LogP contribution is 2.30. The lowest BCUT2D eigenvalue weighted by Crippen LogP contribution is -2.42. The lowest BCUT2D eigenvalue weighted by molar-refractivity contribution is -0.109. The van der Waals surface area contributed by atoms with Crippen LogP contribution in [0.4, 0.5) is 5.82 Å². The van der Waals surface area contributed by atoms with Crippen LogP contribution in [0.25, 0.3) is 27.5 Å². The highest BCUT2D eigenvalue weighted by molar-refractivity contribution is 7.13. The fourth-order valence-corrected chi connectivity index (χ4v) is 5.25. The number of nitrogens with one attached hydrogen (secondary N) is 2. The molecule has 1 aliphatic rings. The molecular formula is C29H38N8O2S. The Morgan fingerprint density at radius 1 is 1.20 bits per heavy atom. The summed E-state index contributed by atoms with van der Waals surface area (Å²) >= 11 is 1.66. The molecule has 2 amide bonds. The largest absolute Gasteiger partial charge is 0.362 e. The van der Waals surface area contributed by atoms with Crippen LogP contribution in [0.1, 0.15) is 44.0 Å². The normalized spacial score (nSPS) is 13.4. The fourth-order valence-electron chi connectivity index (χ4n) is 4.55. The van der Waals surface area contributed by atoms with Crippen LogP contribution in [-0.4, -0.2) is 82.6 Å². The molecule has 4 aromatic heterocycles. The molecule has 0 bridgehead atoms. The minimum Gasteiger partial charge on any atom is -0.362 e. The number of fused-ring (bicyclic) bond motifs is 1. The second-order valence-corrected chi connectivity index (χ2v) is 10.6.